The number of H-pyrrole nitrogens is 1. The highest BCUT2D eigenvalue weighted by Crippen LogP contribution is 2.19. The van der Waals surface area contributed by atoms with Crippen molar-refractivity contribution in [3.8, 4) is 0 Å². The number of Topliss-reactive ketones (excluding diaryl/α,β-unsaturated/α-hetero) is 1. The Morgan fingerprint density at radius 2 is 2.00 bits per heavy atom. The second-order valence-corrected chi connectivity index (χ2v) is 6.51. The number of carbonyl (C=O) groups is 3. The summed E-state index contributed by atoms with van der Waals surface area (Å²) in [5.41, 5.74) is 2.12. The zero-order chi connectivity index (χ0) is 18.6. The van der Waals surface area contributed by atoms with Gasteiger partial charge in [0.25, 0.3) is 0 Å². The lowest BCUT2D eigenvalue weighted by Gasteiger charge is -2.28. The fourth-order valence-electron chi connectivity index (χ4n) is 3.53. The van der Waals surface area contributed by atoms with Crippen molar-refractivity contribution >= 4 is 17.7 Å². The third-order valence-corrected chi connectivity index (χ3v) is 4.75. The Kier molecular flexibility index (Phi) is 6.36. The molecule has 0 radical (unpaired) electrons. The van der Waals surface area contributed by atoms with Crippen LogP contribution in [-0.2, 0) is 14.3 Å². The molecule has 1 saturated heterocycles. The Balaban J connectivity index is 2.07. The molecule has 25 heavy (non-hydrogen) atoms. The minimum Gasteiger partial charge on any atom is -0.466 e. The van der Waals surface area contributed by atoms with Gasteiger partial charge in [0, 0.05) is 5.69 Å². The molecule has 2 rings (SSSR count). The lowest BCUT2D eigenvalue weighted by atomic mass is 9.97. The molecule has 1 unspecified atom stereocenters. The van der Waals surface area contributed by atoms with E-state index in [1.807, 2.05) is 0 Å². The molecule has 138 valence electrons. The molecule has 1 aliphatic rings. The van der Waals surface area contributed by atoms with Gasteiger partial charge in [-0.2, -0.15) is 0 Å². The molecule has 0 saturated carbocycles. The van der Waals surface area contributed by atoms with E-state index in [1.165, 1.54) is 7.11 Å². The second-order valence-electron chi connectivity index (χ2n) is 6.51. The van der Waals surface area contributed by atoms with Crippen LogP contribution >= 0.6 is 0 Å². The molecule has 1 aromatic heterocycles. The van der Waals surface area contributed by atoms with Crippen molar-refractivity contribution in [1.82, 2.24) is 4.98 Å². The van der Waals surface area contributed by atoms with Gasteiger partial charge in [-0.15, -0.1) is 0 Å². The first kappa shape index (κ1) is 19.2. The van der Waals surface area contributed by atoms with Crippen molar-refractivity contribution in [3.05, 3.63) is 22.5 Å². The molecule has 0 amide bonds. The van der Waals surface area contributed by atoms with E-state index in [0.29, 0.717) is 35.7 Å². The molecule has 0 spiro atoms. The normalized spacial score (nSPS) is 20.2. The average Bonchev–Trinajstić information content (AvgIpc) is 2.89. The highest BCUT2D eigenvalue weighted by molar-refractivity contribution is 6.01. The van der Waals surface area contributed by atoms with Crippen molar-refractivity contribution in [1.29, 1.82) is 0 Å². The summed E-state index contributed by atoms with van der Waals surface area (Å²) >= 11 is 0. The number of likely N-dealkylation sites (tertiary alicyclic amines) is 1. The summed E-state index contributed by atoms with van der Waals surface area (Å²) in [6, 6.07) is 0. The molecule has 2 atom stereocenters. The molecule has 1 aromatic rings. The van der Waals surface area contributed by atoms with Crippen LogP contribution in [-0.4, -0.2) is 56.1 Å². The van der Waals surface area contributed by atoms with Crippen LogP contribution in [0.15, 0.2) is 0 Å². The summed E-state index contributed by atoms with van der Waals surface area (Å²) in [6.45, 7) is 7.41. The highest BCUT2D eigenvalue weighted by atomic mass is 16.5. The van der Waals surface area contributed by atoms with E-state index >= 15 is 0 Å². The SMILES string of the molecule is CCOC(=O)[C@H]1CCC[NH+](CC(=O)c2[nH]c(C)c(C(=O)OC)c2C)C1. The molecule has 7 heteroatoms. The number of aromatic nitrogens is 1. The lowest BCUT2D eigenvalue weighted by molar-refractivity contribution is -0.899. The summed E-state index contributed by atoms with van der Waals surface area (Å²) in [7, 11) is 1.32. The lowest BCUT2D eigenvalue weighted by Crippen LogP contribution is -3.14. The van der Waals surface area contributed by atoms with Gasteiger partial charge in [0.05, 0.1) is 38.1 Å². The smallest absolute Gasteiger partial charge is 0.339 e. The van der Waals surface area contributed by atoms with Crippen molar-refractivity contribution in [2.75, 3.05) is 33.4 Å². The van der Waals surface area contributed by atoms with Crippen molar-refractivity contribution in [2.24, 2.45) is 5.92 Å². The van der Waals surface area contributed by atoms with Crippen LogP contribution in [0.5, 0.6) is 0 Å². The Morgan fingerprint density at radius 3 is 2.64 bits per heavy atom. The molecule has 7 nitrogen and oxygen atoms in total. The quantitative estimate of drug-likeness (QED) is 0.574. The molecule has 0 aliphatic carbocycles. The predicted octanol–water partition coefficient (Wildman–Crippen LogP) is 0.459. The van der Waals surface area contributed by atoms with Gasteiger partial charge in [-0.25, -0.2) is 4.79 Å². The van der Waals surface area contributed by atoms with Crippen molar-refractivity contribution in [2.45, 2.75) is 33.6 Å². The third-order valence-electron chi connectivity index (χ3n) is 4.75. The number of piperidine rings is 1. The van der Waals surface area contributed by atoms with Crippen LogP contribution in [0, 0.1) is 19.8 Å². The number of ether oxygens (including phenoxy) is 2. The number of aryl methyl sites for hydroxylation is 1. The zero-order valence-electron chi connectivity index (χ0n) is 15.4. The van der Waals surface area contributed by atoms with Gasteiger partial charge in [-0.3, -0.25) is 9.59 Å². The topological polar surface area (TPSA) is 89.9 Å². The number of ketones is 1. The van der Waals surface area contributed by atoms with Crippen LogP contribution in [0.25, 0.3) is 0 Å². The number of rotatable bonds is 6. The van der Waals surface area contributed by atoms with Gasteiger partial charge in [0.15, 0.2) is 0 Å². The predicted molar refractivity (Wildman–Crippen MR) is 90.9 cm³/mol. The molecule has 0 aromatic carbocycles. The zero-order valence-corrected chi connectivity index (χ0v) is 15.4. The first-order valence-corrected chi connectivity index (χ1v) is 8.69. The van der Waals surface area contributed by atoms with Gasteiger partial charge >= 0.3 is 11.9 Å². The average molecular weight is 351 g/mol. The number of esters is 2. The number of hydrogen-bond acceptors (Lipinski definition) is 5. The number of carbonyl (C=O) groups excluding carboxylic acids is 3. The van der Waals surface area contributed by atoms with Gasteiger partial charge in [-0.05, 0) is 39.2 Å². The van der Waals surface area contributed by atoms with Crippen LogP contribution in [0.1, 0.15) is 51.9 Å². The molecule has 2 N–H and O–H groups in total. The Hall–Kier alpha value is -2.15. The van der Waals surface area contributed by atoms with E-state index < -0.39 is 5.97 Å². The van der Waals surface area contributed by atoms with E-state index in [4.69, 9.17) is 9.47 Å². The standard InChI is InChI=1S/C18H26N2O5/c1-5-25-17(22)13-7-6-8-20(9-13)10-14(21)16-11(2)15(12(3)19-16)18(23)24-4/h13,19H,5-10H2,1-4H3/p+1/t13-/m0/s1. The van der Waals surface area contributed by atoms with Crippen molar-refractivity contribution < 1.29 is 28.8 Å². The highest BCUT2D eigenvalue weighted by Gasteiger charge is 2.32. The van der Waals surface area contributed by atoms with Crippen LogP contribution < -0.4 is 4.90 Å². The molecular formula is C18H27N2O5+. The number of aromatic amines is 1. The summed E-state index contributed by atoms with van der Waals surface area (Å²) in [4.78, 5) is 40.6. The molecule has 2 heterocycles. The molecule has 0 bridgehead atoms. The second kappa shape index (κ2) is 8.29. The number of quaternary nitrogens is 1. The van der Waals surface area contributed by atoms with E-state index in [2.05, 4.69) is 4.98 Å². The van der Waals surface area contributed by atoms with E-state index in [1.54, 1.807) is 20.8 Å². The number of hydrogen-bond donors (Lipinski definition) is 2. The fraction of sp³-hybridized carbons (Fsp3) is 0.611. The largest absolute Gasteiger partial charge is 0.466 e. The van der Waals surface area contributed by atoms with Gasteiger partial charge < -0.3 is 19.4 Å². The maximum Gasteiger partial charge on any atom is 0.339 e. The summed E-state index contributed by atoms with van der Waals surface area (Å²) in [5.74, 6) is -0.825. The maximum atomic E-state index is 12.7. The Labute approximate surface area is 147 Å². The van der Waals surface area contributed by atoms with Gasteiger partial charge in [0.2, 0.25) is 5.78 Å². The summed E-state index contributed by atoms with van der Waals surface area (Å²) in [6.07, 6.45) is 1.70. The minimum atomic E-state index is -0.446. The summed E-state index contributed by atoms with van der Waals surface area (Å²) in [5, 5.41) is 0. The van der Waals surface area contributed by atoms with Crippen molar-refractivity contribution in [3.63, 3.8) is 0 Å². The molecule has 1 fully saturated rings. The molecule has 1 aliphatic heterocycles. The van der Waals surface area contributed by atoms with E-state index in [0.717, 1.165) is 24.3 Å². The maximum absolute atomic E-state index is 12.7. The Bertz CT molecular complexity index is 665. The number of methoxy groups -OCH3 is 1. The number of nitrogens with one attached hydrogen (secondary N) is 2. The third kappa shape index (κ3) is 4.28. The minimum absolute atomic E-state index is 0.0599. The summed E-state index contributed by atoms with van der Waals surface area (Å²) < 4.78 is 9.88. The fourth-order valence-corrected chi connectivity index (χ4v) is 3.53. The monoisotopic (exact) mass is 351 g/mol. The van der Waals surface area contributed by atoms with Crippen LogP contribution in [0.3, 0.4) is 0 Å². The first-order chi connectivity index (χ1) is 11.9. The first-order valence-electron chi connectivity index (χ1n) is 8.69. The van der Waals surface area contributed by atoms with Crippen LogP contribution in [0.2, 0.25) is 0 Å². The Morgan fingerprint density at radius 1 is 1.28 bits per heavy atom. The van der Waals surface area contributed by atoms with E-state index in [9.17, 15) is 14.4 Å². The van der Waals surface area contributed by atoms with Crippen LogP contribution in [0.4, 0.5) is 0 Å². The van der Waals surface area contributed by atoms with Gasteiger partial charge in [0.1, 0.15) is 12.5 Å². The molecular weight excluding hydrogens is 324 g/mol. The van der Waals surface area contributed by atoms with Gasteiger partial charge in [-0.1, -0.05) is 0 Å². The van der Waals surface area contributed by atoms with E-state index in [-0.39, 0.29) is 24.2 Å².